The lowest BCUT2D eigenvalue weighted by Gasteiger charge is -2.39. The molecule has 33 heavy (non-hydrogen) atoms. The second-order valence-corrected chi connectivity index (χ2v) is 10.5. The van der Waals surface area contributed by atoms with E-state index >= 15 is 0 Å². The second-order valence-electron chi connectivity index (χ2n) is 8.53. The summed E-state index contributed by atoms with van der Waals surface area (Å²) in [5.74, 6) is -0.117. The number of carbonyl (C=O) groups is 1. The number of ether oxygens (including phenoxy) is 1. The van der Waals surface area contributed by atoms with Gasteiger partial charge in [0.2, 0.25) is 15.9 Å². The molecule has 0 bridgehead atoms. The van der Waals surface area contributed by atoms with E-state index in [1.54, 1.807) is 19.2 Å². The highest BCUT2D eigenvalue weighted by Gasteiger charge is 2.34. The van der Waals surface area contributed by atoms with Gasteiger partial charge in [0.05, 0.1) is 12.9 Å². The van der Waals surface area contributed by atoms with E-state index in [1.807, 2.05) is 29.2 Å². The van der Waals surface area contributed by atoms with E-state index < -0.39 is 15.8 Å². The van der Waals surface area contributed by atoms with Gasteiger partial charge in [-0.2, -0.15) is 0 Å². The first-order chi connectivity index (χ1) is 15.9. The van der Waals surface area contributed by atoms with Gasteiger partial charge in [-0.1, -0.05) is 18.2 Å². The lowest BCUT2D eigenvalue weighted by atomic mass is 9.96. The molecule has 4 rings (SSSR count). The van der Waals surface area contributed by atoms with Gasteiger partial charge in [0.15, 0.2) is 0 Å². The number of rotatable bonds is 6. The summed E-state index contributed by atoms with van der Waals surface area (Å²) in [5, 5.41) is 0. The van der Waals surface area contributed by atoms with Crippen molar-refractivity contribution in [2.24, 2.45) is 5.92 Å². The van der Waals surface area contributed by atoms with Crippen LogP contribution in [-0.4, -0.2) is 69.9 Å². The molecule has 2 aliphatic rings. The Hall–Kier alpha value is -2.65. The van der Waals surface area contributed by atoms with E-state index in [9.17, 15) is 17.6 Å². The van der Waals surface area contributed by atoms with Gasteiger partial charge < -0.3 is 14.5 Å². The molecule has 1 amide bonds. The van der Waals surface area contributed by atoms with Crippen molar-refractivity contribution in [3.63, 3.8) is 0 Å². The highest BCUT2D eigenvalue weighted by atomic mass is 32.2. The van der Waals surface area contributed by atoms with Gasteiger partial charge in [-0.05, 0) is 43.2 Å². The summed E-state index contributed by atoms with van der Waals surface area (Å²) in [5.41, 5.74) is 1.28. The average molecular weight is 476 g/mol. The number of methoxy groups -OCH3 is 1. The quantitative estimate of drug-likeness (QED) is 0.643. The molecule has 178 valence electrons. The van der Waals surface area contributed by atoms with Crippen LogP contribution in [-0.2, 0) is 20.6 Å². The molecule has 2 fully saturated rings. The number of anilines is 1. The Kier molecular flexibility index (Phi) is 7.19. The van der Waals surface area contributed by atoms with Gasteiger partial charge in [-0.25, -0.2) is 17.1 Å². The normalized spacial score (nSPS) is 18.4. The van der Waals surface area contributed by atoms with Crippen LogP contribution in [0.25, 0.3) is 0 Å². The summed E-state index contributed by atoms with van der Waals surface area (Å²) >= 11 is 0. The van der Waals surface area contributed by atoms with E-state index in [1.165, 1.54) is 16.4 Å². The monoisotopic (exact) mass is 475 g/mol. The molecule has 2 aromatic carbocycles. The highest BCUT2D eigenvalue weighted by Crippen LogP contribution is 2.26. The van der Waals surface area contributed by atoms with E-state index in [2.05, 4.69) is 4.90 Å². The molecule has 0 saturated carbocycles. The largest absolute Gasteiger partial charge is 0.497 e. The molecule has 2 aliphatic heterocycles. The van der Waals surface area contributed by atoms with Crippen molar-refractivity contribution in [2.75, 3.05) is 51.3 Å². The Morgan fingerprint density at radius 2 is 1.61 bits per heavy atom. The minimum Gasteiger partial charge on any atom is -0.497 e. The predicted molar refractivity (Wildman–Crippen MR) is 125 cm³/mol. The maximum Gasteiger partial charge on any atom is 0.225 e. The van der Waals surface area contributed by atoms with Crippen molar-refractivity contribution < 1.29 is 22.3 Å². The molecule has 2 saturated heterocycles. The minimum absolute atomic E-state index is 0.107. The van der Waals surface area contributed by atoms with Crippen LogP contribution in [0.2, 0.25) is 0 Å². The number of piperidine rings is 1. The zero-order chi connectivity index (χ0) is 23.4. The smallest absolute Gasteiger partial charge is 0.225 e. The van der Waals surface area contributed by atoms with Crippen LogP contribution >= 0.6 is 0 Å². The minimum atomic E-state index is -3.62. The van der Waals surface area contributed by atoms with Gasteiger partial charge in [0, 0.05) is 56.4 Å². The fourth-order valence-electron chi connectivity index (χ4n) is 4.52. The van der Waals surface area contributed by atoms with Gasteiger partial charge >= 0.3 is 0 Å². The summed E-state index contributed by atoms with van der Waals surface area (Å²) in [6.07, 6.45) is 0.988. The van der Waals surface area contributed by atoms with E-state index in [0.717, 1.165) is 24.5 Å². The van der Waals surface area contributed by atoms with Gasteiger partial charge in [-0.15, -0.1) is 0 Å². The molecule has 9 heteroatoms. The number of nitrogens with zero attached hydrogens (tertiary/aromatic N) is 3. The fraction of sp³-hybridized carbons (Fsp3) is 0.458. The fourth-order valence-corrected chi connectivity index (χ4v) is 6.10. The summed E-state index contributed by atoms with van der Waals surface area (Å²) < 4.78 is 46.0. The first kappa shape index (κ1) is 23.5. The molecule has 2 heterocycles. The number of halogens is 1. The average Bonchev–Trinajstić information content (AvgIpc) is 2.85. The first-order valence-electron chi connectivity index (χ1n) is 11.3. The number of carbonyl (C=O) groups excluding carboxylic acids is 1. The van der Waals surface area contributed by atoms with Crippen molar-refractivity contribution >= 4 is 21.6 Å². The standard InChI is InChI=1S/C24H30FN3O4S/c1-32-22-8-6-21(7-9-22)26-14-16-27(17-15-26)24(29)19-10-12-28(13-11-19)33(30,31)18-20-4-2-3-5-23(20)25/h2-9,19H,10-18H2,1H3. The van der Waals surface area contributed by atoms with Crippen molar-refractivity contribution in [3.05, 3.63) is 59.9 Å². The predicted octanol–water partition coefficient (Wildman–Crippen LogP) is 2.72. The van der Waals surface area contributed by atoms with Crippen LogP contribution in [0.4, 0.5) is 10.1 Å². The van der Waals surface area contributed by atoms with Crippen LogP contribution in [0, 0.1) is 11.7 Å². The van der Waals surface area contributed by atoms with E-state index in [-0.39, 0.29) is 23.1 Å². The molecule has 0 radical (unpaired) electrons. The molecule has 0 unspecified atom stereocenters. The lowest BCUT2D eigenvalue weighted by molar-refractivity contribution is -0.137. The molecule has 0 aliphatic carbocycles. The van der Waals surface area contributed by atoms with Crippen molar-refractivity contribution in [2.45, 2.75) is 18.6 Å². The number of amides is 1. The van der Waals surface area contributed by atoms with Gasteiger partial charge in [-0.3, -0.25) is 4.79 Å². The Bertz CT molecular complexity index is 1060. The molecule has 7 nitrogen and oxygen atoms in total. The Morgan fingerprint density at radius 3 is 2.21 bits per heavy atom. The van der Waals surface area contributed by atoms with Crippen LogP contribution < -0.4 is 9.64 Å². The van der Waals surface area contributed by atoms with Crippen LogP contribution in [0.1, 0.15) is 18.4 Å². The number of hydrogen-bond donors (Lipinski definition) is 0. The molecule has 0 N–H and O–H groups in total. The summed E-state index contributed by atoms with van der Waals surface area (Å²) in [6, 6.07) is 13.8. The maximum atomic E-state index is 13.9. The zero-order valence-electron chi connectivity index (χ0n) is 18.8. The molecule has 0 spiro atoms. The van der Waals surface area contributed by atoms with E-state index in [4.69, 9.17) is 4.74 Å². The number of sulfonamides is 1. The van der Waals surface area contributed by atoms with Crippen molar-refractivity contribution in [1.82, 2.24) is 9.21 Å². The summed E-state index contributed by atoms with van der Waals surface area (Å²) in [6.45, 7) is 3.40. The van der Waals surface area contributed by atoms with Gasteiger partial charge in [0.25, 0.3) is 0 Å². The molecular formula is C24H30FN3O4S. The van der Waals surface area contributed by atoms with Gasteiger partial charge in [0.1, 0.15) is 11.6 Å². The topological polar surface area (TPSA) is 70.2 Å². The van der Waals surface area contributed by atoms with Crippen LogP contribution in [0.3, 0.4) is 0 Å². The third-order valence-corrected chi connectivity index (χ3v) is 8.35. The zero-order valence-corrected chi connectivity index (χ0v) is 19.6. The third-order valence-electron chi connectivity index (χ3n) is 6.52. The summed E-state index contributed by atoms with van der Waals surface area (Å²) in [4.78, 5) is 17.2. The highest BCUT2D eigenvalue weighted by molar-refractivity contribution is 7.88. The number of piperazine rings is 1. The molecule has 2 aromatic rings. The van der Waals surface area contributed by atoms with E-state index in [0.29, 0.717) is 39.0 Å². The molecular weight excluding hydrogens is 445 g/mol. The Morgan fingerprint density at radius 1 is 0.970 bits per heavy atom. The van der Waals surface area contributed by atoms with Crippen LogP contribution in [0.5, 0.6) is 5.75 Å². The van der Waals surface area contributed by atoms with Crippen LogP contribution in [0.15, 0.2) is 48.5 Å². The third kappa shape index (κ3) is 5.47. The summed E-state index contributed by atoms with van der Waals surface area (Å²) in [7, 11) is -1.98. The maximum absolute atomic E-state index is 13.9. The van der Waals surface area contributed by atoms with Crippen molar-refractivity contribution in [1.29, 1.82) is 0 Å². The van der Waals surface area contributed by atoms with Crippen molar-refractivity contribution in [3.8, 4) is 5.75 Å². The second kappa shape index (κ2) is 10.1. The lowest BCUT2D eigenvalue weighted by Crippen LogP contribution is -2.52. The molecule has 0 aromatic heterocycles. The SMILES string of the molecule is COc1ccc(N2CCN(C(=O)C3CCN(S(=O)(=O)Cc4ccccc4F)CC3)CC2)cc1. The number of hydrogen-bond acceptors (Lipinski definition) is 5. The molecule has 0 atom stereocenters. The Labute approximate surface area is 194 Å². The number of benzene rings is 2. The Balaban J connectivity index is 1.27. The first-order valence-corrected chi connectivity index (χ1v) is 12.9.